The van der Waals surface area contributed by atoms with E-state index in [1.165, 1.54) is 16.9 Å². The van der Waals surface area contributed by atoms with Gasteiger partial charge in [0.05, 0.1) is 17.2 Å². The number of nitrogens with zero attached hydrogens (tertiary/aromatic N) is 3. The van der Waals surface area contributed by atoms with Crippen LogP contribution in [0.4, 0.5) is 0 Å². The van der Waals surface area contributed by atoms with Crippen LogP contribution in [0.2, 0.25) is 0 Å². The lowest BCUT2D eigenvalue weighted by Crippen LogP contribution is -2.23. The van der Waals surface area contributed by atoms with E-state index in [2.05, 4.69) is 33.6 Å². The number of amides is 1. The molecule has 0 aliphatic carbocycles. The van der Waals surface area contributed by atoms with Crippen LogP contribution in [0, 0.1) is 6.92 Å². The molecule has 1 N–H and O–H groups in total. The standard InChI is InChI=1S/C23H22N4OS/c1-17-22(29-21(26-17)14-18-8-3-2-4-9-18)23(28)24-15-19-10-5-6-11-20(19)16-27-13-7-12-25-27/h2-13H,14-16H2,1H3,(H,24,28). The maximum Gasteiger partial charge on any atom is 0.263 e. The van der Waals surface area contributed by atoms with Crippen LogP contribution in [-0.4, -0.2) is 20.7 Å². The van der Waals surface area contributed by atoms with Crippen molar-refractivity contribution in [3.63, 3.8) is 0 Å². The van der Waals surface area contributed by atoms with Crippen molar-refractivity contribution in [1.29, 1.82) is 0 Å². The quantitative estimate of drug-likeness (QED) is 0.504. The second-order valence-electron chi connectivity index (χ2n) is 6.84. The summed E-state index contributed by atoms with van der Waals surface area (Å²) in [5.41, 5.74) is 4.20. The van der Waals surface area contributed by atoms with Gasteiger partial charge in [0.25, 0.3) is 5.91 Å². The molecule has 2 heterocycles. The Balaban J connectivity index is 1.43. The molecule has 0 fully saturated rings. The van der Waals surface area contributed by atoms with Crippen LogP contribution in [0.25, 0.3) is 0 Å². The lowest BCUT2D eigenvalue weighted by atomic mass is 10.1. The number of benzene rings is 2. The van der Waals surface area contributed by atoms with Crippen molar-refractivity contribution in [3.05, 3.63) is 105 Å². The molecule has 0 atom stereocenters. The predicted octanol–water partition coefficient (Wildman–Crippen LogP) is 4.22. The third kappa shape index (κ3) is 4.78. The Labute approximate surface area is 174 Å². The van der Waals surface area contributed by atoms with Gasteiger partial charge in [-0.1, -0.05) is 54.6 Å². The fraction of sp³-hybridized carbons (Fsp3) is 0.174. The zero-order valence-electron chi connectivity index (χ0n) is 16.2. The van der Waals surface area contributed by atoms with Crippen LogP contribution in [0.3, 0.4) is 0 Å². The van der Waals surface area contributed by atoms with Crippen molar-refractivity contribution < 1.29 is 4.79 Å². The Morgan fingerprint density at radius 3 is 2.55 bits per heavy atom. The lowest BCUT2D eigenvalue weighted by Gasteiger charge is -2.10. The Morgan fingerprint density at radius 1 is 1.03 bits per heavy atom. The first-order valence-corrected chi connectivity index (χ1v) is 10.3. The molecule has 146 valence electrons. The van der Waals surface area contributed by atoms with Gasteiger partial charge in [-0.25, -0.2) is 4.98 Å². The minimum Gasteiger partial charge on any atom is -0.347 e. The smallest absolute Gasteiger partial charge is 0.263 e. The number of rotatable bonds is 7. The van der Waals surface area contributed by atoms with E-state index >= 15 is 0 Å². The molecule has 6 heteroatoms. The van der Waals surface area contributed by atoms with Crippen molar-refractivity contribution in [2.75, 3.05) is 0 Å². The van der Waals surface area contributed by atoms with E-state index in [1.54, 1.807) is 6.20 Å². The molecular formula is C23H22N4OS. The molecule has 0 radical (unpaired) electrons. The number of hydrogen-bond donors (Lipinski definition) is 1. The van der Waals surface area contributed by atoms with E-state index in [4.69, 9.17) is 0 Å². The number of carbonyl (C=O) groups excluding carboxylic acids is 1. The van der Waals surface area contributed by atoms with E-state index in [9.17, 15) is 4.79 Å². The van der Waals surface area contributed by atoms with Gasteiger partial charge >= 0.3 is 0 Å². The number of carbonyl (C=O) groups is 1. The first-order chi connectivity index (χ1) is 14.2. The normalized spacial score (nSPS) is 10.8. The summed E-state index contributed by atoms with van der Waals surface area (Å²) < 4.78 is 1.88. The molecule has 4 rings (SSSR count). The molecule has 0 aliphatic heterocycles. The van der Waals surface area contributed by atoms with Gasteiger partial charge < -0.3 is 5.32 Å². The molecule has 0 unspecified atom stereocenters. The fourth-order valence-corrected chi connectivity index (χ4v) is 4.23. The first-order valence-electron chi connectivity index (χ1n) is 9.51. The number of hydrogen-bond acceptors (Lipinski definition) is 4. The molecule has 4 aromatic rings. The molecular weight excluding hydrogens is 380 g/mol. The van der Waals surface area contributed by atoms with Gasteiger partial charge in [0.15, 0.2) is 0 Å². The lowest BCUT2D eigenvalue weighted by molar-refractivity contribution is 0.0954. The van der Waals surface area contributed by atoms with Gasteiger partial charge in [0, 0.05) is 25.4 Å². The molecule has 0 aliphatic rings. The van der Waals surface area contributed by atoms with Crippen molar-refractivity contribution >= 4 is 17.2 Å². The number of aromatic nitrogens is 3. The average molecular weight is 403 g/mol. The molecule has 0 saturated carbocycles. The van der Waals surface area contributed by atoms with E-state index in [0.29, 0.717) is 18.0 Å². The highest BCUT2D eigenvalue weighted by Crippen LogP contribution is 2.21. The Bertz CT molecular complexity index is 1090. The van der Waals surface area contributed by atoms with Crippen molar-refractivity contribution in [3.8, 4) is 0 Å². The van der Waals surface area contributed by atoms with Gasteiger partial charge in [0.1, 0.15) is 4.88 Å². The second kappa shape index (κ2) is 8.84. The SMILES string of the molecule is Cc1nc(Cc2ccccc2)sc1C(=O)NCc1ccccc1Cn1cccn1. The summed E-state index contributed by atoms with van der Waals surface area (Å²) in [6.45, 7) is 3.05. The number of nitrogens with one attached hydrogen (secondary N) is 1. The Kier molecular flexibility index (Phi) is 5.81. The summed E-state index contributed by atoms with van der Waals surface area (Å²) in [4.78, 5) is 18.1. The molecule has 0 bridgehead atoms. The maximum atomic E-state index is 12.8. The van der Waals surface area contributed by atoms with Crippen LogP contribution in [0.1, 0.15) is 37.1 Å². The van der Waals surface area contributed by atoms with Crippen LogP contribution in [-0.2, 0) is 19.5 Å². The molecule has 5 nitrogen and oxygen atoms in total. The summed E-state index contributed by atoms with van der Waals surface area (Å²) in [5, 5.41) is 8.28. The summed E-state index contributed by atoms with van der Waals surface area (Å²) in [6.07, 6.45) is 4.45. The van der Waals surface area contributed by atoms with Crippen LogP contribution >= 0.6 is 11.3 Å². The van der Waals surface area contributed by atoms with Gasteiger partial charge in [-0.15, -0.1) is 11.3 Å². The minimum atomic E-state index is -0.0757. The third-order valence-electron chi connectivity index (χ3n) is 4.69. The van der Waals surface area contributed by atoms with Crippen LogP contribution < -0.4 is 5.32 Å². The third-order valence-corrected chi connectivity index (χ3v) is 5.85. The Hall–Kier alpha value is -3.25. The fourth-order valence-electron chi connectivity index (χ4n) is 3.22. The van der Waals surface area contributed by atoms with Gasteiger partial charge in [-0.05, 0) is 29.7 Å². The highest BCUT2D eigenvalue weighted by molar-refractivity contribution is 7.13. The van der Waals surface area contributed by atoms with E-state index < -0.39 is 0 Å². The van der Waals surface area contributed by atoms with Gasteiger partial charge in [-0.3, -0.25) is 9.48 Å². The van der Waals surface area contributed by atoms with Gasteiger partial charge in [0.2, 0.25) is 0 Å². The molecule has 29 heavy (non-hydrogen) atoms. The van der Waals surface area contributed by atoms with E-state index in [0.717, 1.165) is 28.2 Å². The van der Waals surface area contributed by atoms with Crippen molar-refractivity contribution in [1.82, 2.24) is 20.1 Å². The number of thiazole rings is 1. The first kappa shape index (κ1) is 19.1. The zero-order valence-corrected chi connectivity index (χ0v) is 17.0. The van der Waals surface area contributed by atoms with E-state index in [-0.39, 0.29) is 5.91 Å². The summed E-state index contributed by atoms with van der Waals surface area (Å²) in [5.74, 6) is -0.0757. The molecule has 0 spiro atoms. The molecule has 2 aromatic carbocycles. The highest BCUT2D eigenvalue weighted by Gasteiger charge is 2.16. The zero-order chi connectivity index (χ0) is 20.1. The molecule has 1 amide bonds. The van der Waals surface area contributed by atoms with Crippen LogP contribution in [0.15, 0.2) is 73.1 Å². The largest absolute Gasteiger partial charge is 0.347 e. The van der Waals surface area contributed by atoms with Gasteiger partial charge in [-0.2, -0.15) is 5.10 Å². The van der Waals surface area contributed by atoms with Crippen LogP contribution in [0.5, 0.6) is 0 Å². The Morgan fingerprint density at radius 2 is 1.79 bits per heavy atom. The van der Waals surface area contributed by atoms with E-state index in [1.807, 2.05) is 60.3 Å². The summed E-state index contributed by atoms with van der Waals surface area (Å²) in [6, 6.07) is 20.2. The number of aryl methyl sites for hydroxylation is 1. The highest BCUT2D eigenvalue weighted by atomic mass is 32.1. The topological polar surface area (TPSA) is 59.8 Å². The maximum absolute atomic E-state index is 12.8. The predicted molar refractivity (Wildman–Crippen MR) is 115 cm³/mol. The van der Waals surface area contributed by atoms with Crippen molar-refractivity contribution in [2.24, 2.45) is 0 Å². The summed E-state index contributed by atoms with van der Waals surface area (Å²) in [7, 11) is 0. The minimum absolute atomic E-state index is 0.0757. The molecule has 2 aromatic heterocycles. The monoisotopic (exact) mass is 402 g/mol. The second-order valence-corrected chi connectivity index (χ2v) is 7.92. The summed E-state index contributed by atoms with van der Waals surface area (Å²) >= 11 is 1.47. The average Bonchev–Trinajstić information content (AvgIpc) is 3.37. The van der Waals surface area contributed by atoms with Crippen molar-refractivity contribution in [2.45, 2.75) is 26.4 Å². The molecule has 0 saturated heterocycles.